The highest BCUT2D eigenvalue weighted by Gasteiger charge is 2.29. The summed E-state index contributed by atoms with van der Waals surface area (Å²) in [5.74, 6) is -0.0750. The lowest BCUT2D eigenvalue weighted by molar-refractivity contribution is 0.00969. The summed E-state index contributed by atoms with van der Waals surface area (Å²) in [5, 5.41) is 5.85. The Hall–Kier alpha value is -1.40. The molecule has 1 N–H and O–H groups in total. The van der Waals surface area contributed by atoms with E-state index < -0.39 is 0 Å². The van der Waals surface area contributed by atoms with Gasteiger partial charge < -0.3 is 10.1 Å². The van der Waals surface area contributed by atoms with Crippen molar-refractivity contribution in [2.45, 2.75) is 19.0 Å². The lowest BCUT2D eigenvalue weighted by Gasteiger charge is -2.37. The van der Waals surface area contributed by atoms with E-state index in [1.165, 1.54) is 4.88 Å². The molecule has 2 heterocycles. The molecule has 1 saturated heterocycles. The molecule has 6 heteroatoms. The molecule has 1 aliphatic heterocycles. The number of amides is 1. The number of thiophene rings is 1. The van der Waals surface area contributed by atoms with Crippen LogP contribution in [0.3, 0.4) is 0 Å². The van der Waals surface area contributed by atoms with Gasteiger partial charge >= 0.3 is 0 Å². The van der Waals surface area contributed by atoms with Gasteiger partial charge in [0.2, 0.25) is 0 Å². The van der Waals surface area contributed by atoms with Gasteiger partial charge in [-0.2, -0.15) is 0 Å². The van der Waals surface area contributed by atoms with E-state index in [4.69, 9.17) is 16.3 Å². The molecule has 2 atom stereocenters. The van der Waals surface area contributed by atoms with Gasteiger partial charge in [-0.15, -0.1) is 11.3 Å². The zero-order chi connectivity index (χ0) is 16.9. The van der Waals surface area contributed by atoms with Gasteiger partial charge in [0, 0.05) is 34.6 Å². The first-order valence-corrected chi connectivity index (χ1v) is 9.32. The van der Waals surface area contributed by atoms with E-state index in [0.29, 0.717) is 10.6 Å². The molecule has 1 aliphatic rings. The van der Waals surface area contributed by atoms with Gasteiger partial charge in [0.1, 0.15) is 0 Å². The minimum Gasteiger partial charge on any atom is -0.379 e. The molecule has 3 rings (SSSR count). The van der Waals surface area contributed by atoms with Gasteiger partial charge in [-0.25, -0.2) is 0 Å². The number of nitrogens with zero attached hydrogens (tertiary/aromatic N) is 1. The van der Waals surface area contributed by atoms with Gasteiger partial charge in [-0.3, -0.25) is 9.69 Å². The van der Waals surface area contributed by atoms with Crippen LogP contribution in [0.5, 0.6) is 0 Å². The maximum atomic E-state index is 12.5. The summed E-state index contributed by atoms with van der Waals surface area (Å²) in [4.78, 5) is 16.2. The molecule has 0 bridgehead atoms. The SMILES string of the molecule is C[C@H](NC(=O)c1ccc(Cl)cc1)[C@@H](c1cccs1)N1CCOCC1. The van der Waals surface area contributed by atoms with E-state index in [1.54, 1.807) is 35.6 Å². The first-order valence-electron chi connectivity index (χ1n) is 8.07. The second-order valence-electron chi connectivity index (χ2n) is 5.88. The average molecular weight is 365 g/mol. The summed E-state index contributed by atoms with van der Waals surface area (Å²) in [6.45, 7) is 5.29. The molecule has 1 aromatic carbocycles. The van der Waals surface area contributed by atoms with Crippen molar-refractivity contribution >= 4 is 28.8 Å². The van der Waals surface area contributed by atoms with Crippen LogP contribution in [-0.4, -0.2) is 43.2 Å². The minimum absolute atomic E-state index is 0.00933. The second-order valence-corrected chi connectivity index (χ2v) is 7.29. The summed E-state index contributed by atoms with van der Waals surface area (Å²) in [5.41, 5.74) is 0.623. The van der Waals surface area contributed by atoms with Gasteiger partial charge in [-0.05, 0) is 42.6 Å². The molecule has 0 saturated carbocycles. The molecule has 0 aliphatic carbocycles. The molecule has 1 amide bonds. The summed E-state index contributed by atoms with van der Waals surface area (Å²) in [6.07, 6.45) is 0. The van der Waals surface area contributed by atoms with Crippen LogP contribution in [0.4, 0.5) is 0 Å². The van der Waals surface area contributed by atoms with E-state index in [9.17, 15) is 4.79 Å². The first kappa shape index (κ1) is 17.4. The molecule has 0 unspecified atom stereocenters. The Morgan fingerprint density at radius 1 is 1.25 bits per heavy atom. The fourth-order valence-electron chi connectivity index (χ4n) is 3.03. The Morgan fingerprint density at radius 2 is 1.96 bits per heavy atom. The van der Waals surface area contributed by atoms with Crippen LogP contribution < -0.4 is 5.32 Å². The van der Waals surface area contributed by atoms with Crippen molar-refractivity contribution in [2.24, 2.45) is 0 Å². The molecule has 1 aromatic heterocycles. The highest BCUT2D eigenvalue weighted by atomic mass is 35.5. The lowest BCUT2D eigenvalue weighted by atomic mass is 10.0. The van der Waals surface area contributed by atoms with Crippen molar-refractivity contribution < 1.29 is 9.53 Å². The topological polar surface area (TPSA) is 41.6 Å². The molecule has 0 radical (unpaired) electrons. The number of carbonyl (C=O) groups is 1. The molecular weight excluding hydrogens is 344 g/mol. The largest absolute Gasteiger partial charge is 0.379 e. The van der Waals surface area contributed by atoms with Gasteiger partial charge in [0.25, 0.3) is 5.91 Å². The fraction of sp³-hybridized carbons (Fsp3) is 0.389. The third-order valence-electron chi connectivity index (χ3n) is 4.21. The van der Waals surface area contributed by atoms with Crippen molar-refractivity contribution in [1.29, 1.82) is 0 Å². The molecule has 2 aromatic rings. The molecule has 4 nitrogen and oxygen atoms in total. The van der Waals surface area contributed by atoms with Crippen LogP contribution >= 0.6 is 22.9 Å². The number of hydrogen-bond donors (Lipinski definition) is 1. The van der Waals surface area contributed by atoms with Crippen LogP contribution in [0.25, 0.3) is 0 Å². The van der Waals surface area contributed by atoms with Crippen LogP contribution in [0, 0.1) is 0 Å². The number of rotatable bonds is 5. The number of morpholine rings is 1. The summed E-state index contributed by atoms with van der Waals surface area (Å²) in [7, 11) is 0. The van der Waals surface area contributed by atoms with Crippen LogP contribution in [-0.2, 0) is 4.74 Å². The van der Waals surface area contributed by atoms with Crippen LogP contribution in [0.2, 0.25) is 5.02 Å². The number of hydrogen-bond acceptors (Lipinski definition) is 4. The van der Waals surface area contributed by atoms with E-state index in [-0.39, 0.29) is 18.0 Å². The van der Waals surface area contributed by atoms with E-state index in [0.717, 1.165) is 26.3 Å². The first-order chi connectivity index (χ1) is 11.6. The zero-order valence-electron chi connectivity index (χ0n) is 13.6. The third-order valence-corrected chi connectivity index (χ3v) is 5.41. The molecule has 24 heavy (non-hydrogen) atoms. The van der Waals surface area contributed by atoms with Crippen molar-refractivity contribution in [3.63, 3.8) is 0 Å². The molecule has 1 fully saturated rings. The zero-order valence-corrected chi connectivity index (χ0v) is 15.1. The fourth-order valence-corrected chi connectivity index (χ4v) is 4.12. The highest BCUT2D eigenvalue weighted by Crippen LogP contribution is 2.29. The van der Waals surface area contributed by atoms with Crippen molar-refractivity contribution in [3.8, 4) is 0 Å². The Bertz CT molecular complexity index is 654. The van der Waals surface area contributed by atoms with E-state index in [2.05, 4.69) is 34.7 Å². The number of carbonyl (C=O) groups excluding carboxylic acids is 1. The van der Waals surface area contributed by atoms with E-state index >= 15 is 0 Å². The normalized spacial score (nSPS) is 18.1. The Balaban J connectivity index is 1.74. The maximum absolute atomic E-state index is 12.5. The van der Waals surface area contributed by atoms with Crippen molar-refractivity contribution in [1.82, 2.24) is 10.2 Å². The minimum atomic E-state index is -0.0750. The molecule has 0 spiro atoms. The van der Waals surface area contributed by atoms with E-state index in [1.807, 2.05) is 0 Å². The monoisotopic (exact) mass is 364 g/mol. The number of benzene rings is 1. The van der Waals surface area contributed by atoms with Gasteiger partial charge in [-0.1, -0.05) is 17.7 Å². The maximum Gasteiger partial charge on any atom is 0.251 e. The lowest BCUT2D eigenvalue weighted by Crippen LogP contribution is -2.48. The van der Waals surface area contributed by atoms with Gasteiger partial charge in [0.05, 0.1) is 19.3 Å². The molecule has 128 valence electrons. The quantitative estimate of drug-likeness (QED) is 0.881. The summed E-state index contributed by atoms with van der Waals surface area (Å²) >= 11 is 7.62. The van der Waals surface area contributed by atoms with Crippen molar-refractivity contribution in [2.75, 3.05) is 26.3 Å². The molecular formula is C18H21ClN2O2S. The standard InChI is InChI=1S/C18H21ClN2O2S/c1-13(20-18(22)14-4-6-15(19)7-5-14)17(16-3-2-12-24-16)21-8-10-23-11-9-21/h2-7,12-13,17H,8-11H2,1H3,(H,20,22)/t13-,17-/m0/s1. The van der Waals surface area contributed by atoms with Gasteiger partial charge in [0.15, 0.2) is 0 Å². The predicted octanol–water partition coefficient (Wildman–Crippen LogP) is 3.59. The average Bonchev–Trinajstić information content (AvgIpc) is 3.10. The predicted molar refractivity (Wildman–Crippen MR) is 97.8 cm³/mol. The Morgan fingerprint density at radius 3 is 2.58 bits per heavy atom. The van der Waals surface area contributed by atoms with Crippen LogP contribution in [0.15, 0.2) is 41.8 Å². The summed E-state index contributed by atoms with van der Waals surface area (Å²) < 4.78 is 5.47. The summed E-state index contributed by atoms with van der Waals surface area (Å²) in [6, 6.07) is 11.3. The van der Waals surface area contributed by atoms with Crippen molar-refractivity contribution in [3.05, 3.63) is 57.2 Å². The Labute approximate surface area is 151 Å². The second kappa shape index (κ2) is 8.12. The number of nitrogens with one attached hydrogen (secondary N) is 1. The Kier molecular flexibility index (Phi) is 5.89. The third kappa shape index (κ3) is 4.16. The number of ether oxygens (including phenoxy) is 1. The smallest absolute Gasteiger partial charge is 0.251 e. The highest BCUT2D eigenvalue weighted by molar-refractivity contribution is 7.10. The number of halogens is 1. The van der Waals surface area contributed by atoms with Crippen LogP contribution in [0.1, 0.15) is 28.2 Å².